The zero-order valence-electron chi connectivity index (χ0n) is 12.4. The molecule has 1 N–H and O–H groups in total. The maximum Gasteiger partial charge on any atom is 0.254 e. The van der Waals surface area contributed by atoms with E-state index in [9.17, 15) is 9.18 Å². The number of hydrogen-bond acceptors (Lipinski definition) is 4. The first-order valence-corrected chi connectivity index (χ1v) is 7.55. The number of H-pyrrole nitrogens is 1. The van der Waals surface area contributed by atoms with Crippen LogP contribution in [0, 0.1) is 5.92 Å². The molecule has 0 aromatic carbocycles. The highest BCUT2D eigenvalue weighted by molar-refractivity contribution is 5.87. The minimum Gasteiger partial charge on any atom is -0.353 e. The molecule has 7 heteroatoms. The summed E-state index contributed by atoms with van der Waals surface area (Å²) in [6.45, 7) is 3.40. The van der Waals surface area contributed by atoms with Gasteiger partial charge in [0.25, 0.3) is 5.91 Å². The van der Waals surface area contributed by atoms with Gasteiger partial charge in [-0.05, 0) is 18.4 Å². The second-order valence-electron chi connectivity index (χ2n) is 6.25. The number of carbonyl (C=O) groups is 1. The van der Waals surface area contributed by atoms with E-state index >= 15 is 0 Å². The van der Waals surface area contributed by atoms with Crippen LogP contribution < -0.4 is 4.90 Å². The lowest BCUT2D eigenvalue weighted by atomic mass is 9.74. The molecule has 2 aromatic rings. The lowest BCUT2D eigenvalue weighted by molar-refractivity contribution is -0.154. The van der Waals surface area contributed by atoms with Gasteiger partial charge in [-0.25, -0.2) is 14.4 Å². The Labute approximate surface area is 127 Å². The van der Waals surface area contributed by atoms with Crippen molar-refractivity contribution in [3.8, 4) is 0 Å². The Bertz CT molecular complexity index is 732. The summed E-state index contributed by atoms with van der Waals surface area (Å²) in [5.74, 6) is 0.876. The number of aromatic nitrogens is 3. The molecule has 2 aliphatic heterocycles. The predicted molar refractivity (Wildman–Crippen MR) is 80.3 cm³/mol. The van der Waals surface area contributed by atoms with Crippen LogP contribution >= 0.6 is 0 Å². The van der Waals surface area contributed by atoms with E-state index in [1.807, 2.05) is 12.3 Å². The number of hydrogen-bond donors (Lipinski definition) is 1. The first-order chi connectivity index (χ1) is 10.7. The first-order valence-electron chi connectivity index (χ1n) is 7.55. The SMILES string of the molecule is C[C@H]1CN(C(=O)CF)[C@]12CCN(c1ncnc3[nH]ccc13)C2. The number of alkyl halides is 1. The number of nitrogens with zero attached hydrogens (tertiary/aromatic N) is 4. The topological polar surface area (TPSA) is 65.1 Å². The minimum absolute atomic E-state index is 0.239. The number of rotatable bonds is 2. The zero-order valence-corrected chi connectivity index (χ0v) is 12.4. The van der Waals surface area contributed by atoms with Crippen LogP contribution in [0.5, 0.6) is 0 Å². The van der Waals surface area contributed by atoms with Crippen molar-refractivity contribution in [2.24, 2.45) is 5.92 Å². The van der Waals surface area contributed by atoms with Crippen molar-refractivity contribution in [2.45, 2.75) is 18.9 Å². The Morgan fingerprint density at radius 2 is 2.41 bits per heavy atom. The summed E-state index contributed by atoms with van der Waals surface area (Å²) in [6, 6.07) is 1.96. The summed E-state index contributed by atoms with van der Waals surface area (Å²) in [7, 11) is 0. The molecule has 2 aromatic heterocycles. The van der Waals surface area contributed by atoms with Crippen LogP contribution in [0.25, 0.3) is 11.0 Å². The van der Waals surface area contributed by atoms with Crippen molar-refractivity contribution in [1.29, 1.82) is 0 Å². The monoisotopic (exact) mass is 303 g/mol. The van der Waals surface area contributed by atoms with E-state index in [-0.39, 0.29) is 5.54 Å². The van der Waals surface area contributed by atoms with E-state index in [4.69, 9.17) is 0 Å². The molecule has 0 aliphatic carbocycles. The van der Waals surface area contributed by atoms with E-state index in [1.165, 1.54) is 0 Å². The van der Waals surface area contributed by atoms with E-state index in [1.54, 1.807) is 11.2 Å². The molecule has 22 heavy (non-hydrogen) atoms. The molecule has 0 unspecified atom stereocenters. The zero-order chi connectivity index (χ0) is 15.3. The Morgan fingerprint density at radius 3 is 3.18 bits per heavy atom. The van der Waals surface area contributed by atoms with Gasteiger partial charge in [0.15, 0.2) is 6.67 Å². The third-order valence-corrected chi connectivity index (χ3v) is 5.24. The molecular formula is C15H18FN5O. The highest BCUT2D eigenvalue weighted by Gasteiger charge is 2.56. The van der Waals surface area contributed by atoms with Gasteiger partial charge < -0.3 is 14.8 Å². The molecular weight excluding hydrogens is 285 g/mol. The number of nitrogens with one attached hydrogen (secondary N) is 1. The van der Waals surface area contributed by atoms with Crippen molar-refractivity contribution in [1.82, 2.24) is 19.9 Å². The average Bonchev–Trinajstić information content (AvgIpc) is 3.19. The molecule has 4 rings (SSSR count). The van der Waals surface area contributed by atoms with Gasteiger partial charge in [0.05, 0.1) is 10.9 Å². The van der Waals surface area contributed by atoms with E-state index < -0.39 is 12.6 Å². The molecule has 4 heterocycles. The largest absolute Gasteiger partial charge is 0.353 e. The number of amides is 1. The van der Waals surface area contributed by atoms with Crippen LogP contribution in [0.3, 0.4) is 0 Å². The quantitative estimate of drug-likeness (QED) is 0.909. The molecule has 2 fully saturated rings. The van der Waals surface area contributed by atoms with Gasteiger partial charge >= 0.3 is 0 Å². The second-order valence-corrected chi connectivity index (χ2v) is 6.25. The maximum atomic E-state index is 12.8. The molecule has 1 spiro atoms. The number of likely N-dealkylation sites (tertiary alicyclic amines) is 1. The van der Waals surface area contributed by atoms with Gasteiger partial charge in [-0.3, -0.25) is 4.79 Å². The summed E-state index contributed by atoms with van der Waals surface area (Å²) in [4.78, 5) is 27.4. The molecule has 116 valence electrons. The summed E-state index contributed by atoms with van der Waals surface area (Å²) in [5, 5.41) is 0.981. The lowest BCUT2D eigenvalue weighted by Crippen LogP contribution is -2.69. The Hall–Kier alpha value is -2.18. The van der Waals surface area contributed by atoms with Crippen LogP contribution in [0.2, 0.25) is 0 Å². The Kier molecular flexibility index (Phi) is 2.85. The predicted octanol–water partition coefficient (Wildman–Crippen LogP) is 1.35. The van der Waals surface area contributed by atoms with Gasteiger partial charge in [-0.15, -0.1) is 0 Å². The minimum atomic E-state index is -0.913. The third kappa shape index (κ3) is 1.68. The maximum absolute atomic E-state index is 12.8. The molecule has 2 atom stereocenters. The van der Waals surface area contributed by atoms with Gasteiger partial charge in [0.1, 0.15) is 17.8 Å². The van der Waals surface area contributed by atoms with Crippen LogP contribution in [0.4, 0.5) is 10.2 Å². The highest BCUT2D eigenvalue weighted by Crippen LogP contribution is 2.45. The van der Waals surface area contributed by atoms with E-state index in [0.29, 0.717) is 19.0 Å². The first kappa shape index (κ1) is 13.5. The fourth-order valence-corrected chi connectivity index (χ4v) is 3.93. The number of anilines is 1. The second kappa shape index (κ2) is 4.66. The fraction of sp³-hybridized carbons (Fsp3) is 0.533. The number of carbonyl (C=O) groups excluding carboxylic acids is 1. The molecule has 2 saturated heterocycles. The summed E-state index contributed by atoms with van der Waals surface area (Å²) < 4.78 is 12.8. The third-order valence-electron chi connectivity index (χ3n) is 5.24. The fourth-order valence-electron chi connectivity index (χ4n) is 3.93. The van der Waals surface area contributed by atoms with Gasteiger partial charge in [0.2, 0.25) is 0 Å². The summed E-state index contributed by atoms with van der Waals surface area (Å²) in [6.07, 6.45) is 4.25. The molecule has 0 bridgehead atoms. The van der Waals surface area contributed by atoms with Gasteiger partial charge in [-0.2, -0.15) is 0 Å². The van der Waals surface area contributed by atoms with Crippen molar-refractivity contribution in [3.63, 3.8) is 0 Å². The summed E-state index contributed by atoms with van der Waals surface area (Å²) in [5.41, 5.74) is 0.570. The smallest absolute Gasteiger partial charge is 0.254 e. The van der Waals surface area contributed by atoms with Gasteiger partial charge in [-0.1, -0.05) is 6.92 Å². The molecule has 0 radical (unpaired) electrons. The van der Waals surface area contributed by atoms with Crippen molar-refractivity contribution >= 4 is 22.8 Å². The lowest BCUT2D eigenvalue weighted by Gasteiger charge is -2.55. The summed E-state index contributed by atoms with van der Waals surface area (Å²) >= 11 is 0. The van der Waals surface area contributed by atoms with Crippen LogP contribution in [-0.2, 0) is 4.79 Å². The van der Waals surface area contributed by atoms with Crippen molar-refractivity contribution < 1.29 is 9.18 Å². The Morgan fingerprint density at radius 1 is 1.55 bits per heavy atom. The molecule has 2 aliphatic rings. The van der Waals surface area contributed by atoms with Crippen molar-refractivity contribution in [2.75, 3.05) is 31.2 Å². The van der Waals surface area contributed by atoms with Gasteiger partial charge in [0, 0.05) is 25.8 Å². The van der Waals surface area contributed by atoms with E-state index in [2.05, 4.69) is 26.8 Å². The normalized spacial score (nSPS) is 27.6. The standard InChI is InChI=1S/C15H18FN5O/c1-10-7-21(12(22)6-16)15(10)3-5-20(8-15)14-11-2-4-17-13(11)18-9-19-14/h2,4,9-10H,3,5-8H2,1H3,(H,17,18,19)/t10-,15-/m0/s1. The molecule has 0 saturated carbocycles. The van der Waals surface area contributed by atoms with Crippen molar-refractivity contribution in [3.05, 3.63) is 18.6 Å². The number of halogens is 1. The number of aromatic amines is 1. The van der Waals surface area contributed by atoms with Crippen LogP contribution in [0.15, 0.2) is 18.6 Å². The Balaban J connectivity index is 1.65. The van der Waals surface area contributed by atoms with Crippen LogP contribution in [0.1, 0.15) is 13.3 Å². The number of fused-ring (bicyclic) bond motifs is 1. The highest BCUT2D eigenvalue weighted by atomic mass is 19.1. The average molecular weight is 303 g/mol. The molecule has 6 nitrogen and oxygen atoms in total. The van der Waals surface area contributed by atoms with E-state index in [0.717, 1.165) is 29.8 Å². The van der Waals surface area contributed by atoms with Crippen LogP contribution in [-0.4, -0.2) is 57.6 Å². The molecule has 1 amide bonds.